The molecule has 0 aliphatic heterocycles. The smallest absolute Gasteiger partial charge is 0.0392 e. The highest BCUT2D eigenvalue weighted by molar-refractivity contribution is 7.69. The summed E-state index contributed by atoms with van der Waals surface area (Å²) < 4.78 is 0. The van der Waals surface area contributed by atoms with E-state index >= 15 is 0 Å². The quantitative estimate of drug-likeness (QED) is 0.472. The van der Waals surface area contributed by atoms with Crippen LogP contribution < -0.4 is 11.0 Å². The minimum atomic E-state index is -0.150. The van der Waals surface area contributed by atoms with Gasteiger partial charge in [-0.1, -0.05) is 26.1 Å². The molecule has 1 aromatic rings. The Bertz CT molecular complexity index is 683. The lowest BCUT2D eigenvalue weighted by Crippen LogP contribution is -2.58. The Kier molecular flexibility index (Phi) is 3.54. The molecule has 0 saturated heterocycles. The molecule has 150 valence electrons. The summed E-state index contributed by atoms with van der Waals surface area (Å²) in [5, 5.41) is 2.93. The summed E-state index contributed by atoms with van der Waals surface area (Å²) in [6.07, 6.45) is 18.7. The normalized spacial score (nSPS) is 51.6. The molecule has 8 aliphatic carbocycles. The van der Waals surface area contributed by atoms with E-state index in [2.05, 4.69) is 24.3 Å². The fourth-order valence-corrected chi connectivity index (χ4v) is 15.6. The Morgan fingerprint density at radius 2 is 0.964 bits per heavy atom. The van der Waals surface area contributed by atoms with Crippen LogP contribution in [0.5, 0.6) is 0 Å². The van der Waals surface area contributed by atoms with E-state index in [1.165, 1.54) is 0 Å². The minimum Gasteiger partial charge on any atom is -0.398 e. The molecule has 0 spiro atoms. The van der Waals surface area contributed by atoms with Gasteiger partial charge in [-0.05, 0) is 134 Å². The lowest BCUT2D eigenvalue weighted by molar-refractivity contribution is 0.0195. The van der Waals surface area contributed by atoms with Crippen LogP contribution in [0.15, 0.2) is 24.3 Å². The molecule has 0 atom stereocenters. The van der Waals surface area contributed by atoms with Gasteiger partial charge < -0.3 is 5.73 Å². The number of para-hydroxylation sites is 1. The van der Waals surface area contributed by atoms with Crippen LogP contribution in [-0.2, 0) is 0 Å². The molecule has 9 rings (SSSR count). The molecular formula is C26H36NP. The van der Waals surface area contributed by atoms with Crippen LogP contribution in [0.3, 0.4) is 0 Å². The summed E-state index contributed by atoms with van der Waals surface area (Å²) in [5.41, 5.74) is 7.91. The summed E-state index contributed by atoms with van der Waals surface area (Å²) in [7, 11) is -0.150. The molecule has 0 unspecified atom stereocenters. The first kappa shape index (κ1) is 17.2. The van der Waals surface area contributed by atoms with Crippen LogP contribution in [-0.4, -0.2) is 10.3 Å². The van der Waals surface area contributed by atoms with E-state index in [1.807, 2.05) is 0 Å². The first-order chi connectivity index (χ1) is 13.6. The maximum atomic E-state index is 6.78. The van der Waals surface area contributed by atoms with Gasteiger partial charge in [-0.3, -0.25) is 0 Å². The van der Waals surface area contributed by atoms with E-state index in [-0.39, 0.29) is 7.92 Å². The topological polar surface area (TPSA) is 26.0 Å². The number of hydrogen-bond donors (Lipinski definition) is 1. The van der Waals surface area contributed by atoms with E-state index in [4.69, 9.17) is 5.73 Å². The molecule has 1 aromatic carbocycles. The van der Waals surface area contributed by atoms with Gasteiger partial charge in [0.2, 0.25) is 0 Å². The van der Waals surface area contributed by atoms with Crippen molar-refractivity contribution in [2.24, 2.45) is 35.5 Å². The zero-order chi connectivity index (χ0) is 18.5. The third-order valence-electron chi connectivity index (χ3n) is 10.1. The maximum absolute atomic E-state index is 6.78. The van der Waals surface area contributed by atoms with Gasteiger partial charge in [0.05, 0.1) is 0 Å². The molecule has 8 saturated carbocycles. The van der Waals surface area contributed by atoms with Gasteiger partial charge in [0.1, 0.15) is 0 Å². The predicted octanol–water partition coefficient (Wildman–Crippen LogP) is 6.31. The molecule has 8 aliphatic rings. The average molecular weight is 394 g/mol. The van der Waals surface area contributed by atoms with Crippen molar-refractivity contribution in [2.45, 2.75) is 87.4 Å². The average Bonchev–Trinajstić information content (AvgIpc) is 2.61. The molecule has 8 fully saturated rings. The first-order valence-corrected chi connectivity index (χ1v) is 13.6. The highest BCUT2D eigenvalue weighted by atomic mass is 31.1. The second-order valence-corrected chi connectivity index (χ2v) is 15.2. The highest BCUT2D eigenvalue weighted by Gasteiger charge is 2.63. The summed E-state index contributed by atoms with van der Waals surface area (Å²) >= 11 is 0. The van der Waals surface area contributed by atoms with Crippen LogP contribution in [0.2, 0.25) is 0 Å². The maximum Gasteiger partial charge on any atom is 0.0392 e. The van der Waals surface area contributed by atoms with Crippen molar-refractivity contribution < 1.29 is 0 Å². The summed E-state index contributed by atoms with van der Waals surface area (Å²) in [6, 6.07) is 9.19. The molecule has 0 heterocycles. The molecule has 0 aromatic heterocycles. The highest BCUT2D eigenvalue weighted by Crippen LogP contribution is 2.78. The fraction of sp³-hybridized carbons (Fsp3) is 0.769. The second kappa shape index (κ2) is 5.78. The SMILES string of the molecule is Nc1ccccc1P(C12CC3CC(CC(C3)C1)C2)C12CC3CC(CC(C3)C1)C2. The van der Waals surface area contributed by atoms with Gasteiger partial charge in [0, 0.05) is 5.69 Å². The number of nitrogen functional groups attached to an aromatic ring is 1. The summed E-state index contributed by atoms with van der Waals surface area (Å²) in [5.74, 6) is 6.31. The number of nitrogens with two attached hydrogens (primary N) is 1. The van der Waals surface area contributed by atoms with Gasteiger partial charge in [-0.25, -0.2) is 0 Å². The van der Waals surface area contributed by atoms with Crippen molar-refractivity contribution in [3.05, 3.63) is 24.3 Å². The van der Waals surface area contributed by atoms with Gasteiger partial charge >= 0.3 is 0 Å². The Hall–Kier alpha value is -0.550. The molecule has 1 nitrogen and oxygen atoms in total. The van der Waals surface area contributed by atoms with Crippen molar-refractivity contribution in [2.75, 3.05) is 5.73 Å². The number of hydrogen-bond acceptors (Lipinski definition) is 1. The number of benzene rings is 1. The summed E-state index contributed by atoms with van der Waals surface area (Å²) in [6.45, 7) is 0. The Morgan fingerprint density at radius 3 is 1.32 bits per heavy atom. The van der Waals surface area contributed by atoms with Crippen molar-refractivity contribution in [1.82, 2.24) is 0 Å². The van der Waals surface area contributed by atoms with Gasteiger partial charge in [0.15, 0.2) is 0 Å². The Labute approximate surface area is 172 Å². The molecule has 2 N–H and O–H groups in total. The number of anilines is 1. The molecule has 28 heavy (non-hydrogen) atoms. The lowest BCUT2D eigenvalue weighted by Gasteiger charge is -2.67. The monoisotopic (exact) mass is 393 g/mol. The second-order valence-electron chi connectivity index (χ2n) is 12.2. The molecule has 0 radical (unpaired) electrons. The lowest BCUT2D eigenvalue weighted by atomic mass is 9.55. The van der Waals surface area contributed by atoms with Crippen LogP contribution in [0.1, 0.15) is 77.0 Å². The zero-order valence-corrected chi connectivity index (χ0v) is 18.2. The van der Waals surface area contributed by atoms with E-state index in [0.717, 1.165) is 41.2 Å². The van der Waals surface area contributed by atoms with Crippen molar-refractivity contribution >= 4 is 18.9 Å². The number of rotatable bonds is 3. The Morgan fingerprint density at radius 1 is 0.607 bits per heavy atom. The van der Waals surface area contributed by atoms with E-state index in [0.29, 0.717) is 10.3 Å². The van der Waals surface area contributed by atoms with Crippen LogP contribution >= 0.6 is 7.92 Å². The van der Waals surface area contributed by atoms with Gasteiger partial charge in [-0.15, -0.1) is 0 Å². The van der Waals surface area contributed by atoms with Crippen LogP contribution in [0.25, 0.3) is 0 Å². The summed E-state index contributed by atoms with van der Waals surface area (Å²) in [4.78, 5) is 0. The molecular weight excluding hydrogens is 357 g/mol. The molecule has 2 heteroatoms. The van der Waals surface area contributed by atoms with Crippen LogP contribution in [0.4, 0.5) is 5.69 Å². The van der Waals surface area contributed by atoms with E-state index in [1.54, 1.807) is 82.4 Å². The van der Waals surface area contributed by atoms with E-state index in [9.17, 15) is 0 Å². The van der Waals surface area contributed by atoms with Crippen LogP contribution in [0, 0.1) is 35.5 Å². The predicted molar refractivity (Wildman–Crippen MR) is 119 cm³/mol. The van der Waals surface area contributed by atoms with Gasteiger partial charge in [-0.2, -0.15) is 0 Å². The zero-order valence-electron chi connectivity index (χ0n) is 17.3. The minimum absolute atomic E-state index is 0.150. The van der Waals surface area contributed by atoms with Crippen molar-refractivity contribution in [3.63, 3.8) is 0 Å². The Balaban J connectivity index is 1.39. The first-order valence-electron chi connectivity index (χ1n) is 12.3. The van der Waals surface area contributed by atoms with Crippen molar-refractivity contribution in [3.8, 4) is 0 Å². The van der Waals surface area contributed by atoms with Crippen molar-refractivity contribution in [1.29, 1.82) is 0 Å². The fourth-order valence-electron chi connectivity index (χ4n) is 10.4. The molecule has 8 bridgehead atoms. The van der Waals surface area contributed by atoms with E-state index < -0.39 is 0 Å². The largest absolute Gasteiger partial charge is 0.398 e. The molecule has 0 amide bonds. The third-order valence-corrected chi connectivity index (χ3v) is 14.0. The third kappa shape index (κ3) is 2.35. The standard InChI is InChI=1S/C26H36NP/c27-23-3-1-2-4-24(23)28(25-11-17-5-18(12-25)7-19(6-17)13-25)26-14-20-8-21(15-26)10-22(9-20)16-26/h1-4,17-22H,5-16,27H2. The van der Waals surface area contributed by atoms with Gasteiger partial charge in [0.25, 0.3) is 0 Å².